The average Bonchev–Trinajstić information content (AvgIpc) is 2.46. The third-order valence-electron chi connectivity index (χ3n) is 1.83. The number of hydrogen-bond acceptors (Lipinski definition) is 1. The van der Waals surface area contributed by atoms with Crippen LogP contribution in [0.1, 0.15) is 11.1 Å². The predicted octanol–water partition coefficient (Wildman–Crippen LogP) is 2.96. The maximum absolute atomic E-state index is 2.22. The molecule has 1 aromatic carbocycles. The molecular weight excluding hydrogens is 152 g/mol. The molecule has 1 aliphatic carbocycles. The van der Waals surface area contributed by atoms with Gasteiger partial charge in [0, 0.05) is 6.42 Å². The molecule has 0 saturated carbocycles. The molecular formula is C10H9S. The molecule has 55 valence electrons. The zero-order valence-corrected chi connectivity index (χ0v) is 7.19. The first-order valence-corrected chi connectivity index (χ1v) is 4.82. The summed E-state index contributed by atoms with van der Waals surface area (Å²) in [5.74, 6) is 0. The Morgan fingerprint density at radius 1 is 1.09 bits per heavy atom. The Bertz CT molecular complexity index is 299. The summed E-state index contributed by atoms with van der Waals surface area (Å²) in [6.45, 7) is 0. The van der Waals surface area contributed by atoms with Gasteiger partial charge in [-0.05, 0) is 28.4 Å². The summed E-state index contributed by atoms with van der Waals surface area (Å²) in [6.07, 6.45) is 6.55. The molecule has 1 heteroatoms. The van der Waals surface area contributed by atoms with Gasteiger partial charge in [-0.1, -0.05) is 24.3 Å². The molecule has 0 N–H and O–H groups in total. The molecule has 11 heavy (non-hydrogen) atoms. The van der Waals surface area contributed by atoms with Gasteiger partial charge in [-0.2, -0.15) is 0 Å². The Morgan fingerprint density at radius 3 is 2.45 bits per heavy atom. The quantitative estimate of drug-likeness (QED) is 0.610. The van der Waals surface area contributed by atoms with Gasteiger partial charge < -0.3 is 0 Å². The van der Waals surface area contributed by atoms with E-state index in [0.717, 1.165) is 0 Å². The van der Waals surface area contributed by atoms with E-state index in [9.17, 15) is 0 Å². The van der Waals surface area contributed by atoms with E-state index in [2.05, 4.69) is 43.0 Å². The van der Waals surface area contributed by atoms with Crippen LogP contribution in [0, 0.1) is 6.42 Å². The minimum atomic E-state index is 1.34. The topological polar surface area (TPSA) is 0 Å². The molecule has 0 unspecified atom stereocenters. The van der Waals surface area contributed by atoms with Crippen LogP contribution >= 0.6 is 11.8 Å². The van der Waals surface area contributed by atoms with Crippen molar-refractivity contribution in [3.63, 3.8) is 0 Å². The van der Waals surface area contributed by atoms with Crippen LogP contribution in [-0.2, 0) is 0 Å². The summed E-state index contributed by atoms with van der Waals surface area (Å²) in [7, 11) is 0. The van der Waals surface area contributed by atoms with Crippen LogP contribution in [0.2, 0.25) is 0 Å². The highest BCUT2D eigenvalue weighted by molar-refractivity contribution is 8.02. The van der Waals surface area contributed by atoms with Crippen molar-refractivity contribution in [3.05, 3.63) is 46.7 Å². The fraction of sp³-hybridized carbons (Fsp3) is 0.100. The molecule has 0 aliphatic heterocycles. The molecule has 0 bridgehead atoms. The summed E-state index contributed by atoms with van der Waals surface area (Å²) >= 11 is 1.79. The second-order valence-corrected chi connectivity index (χ2v) is 3.40. The first-order valence-electron chi connectivity index (χ1n) is 3.59. The van der Waals surface area contributed by atoms with E-state index >= 15 is 0 Å². The zero-order valence-electron chi connectivity index (χ0n) is 6.37. The van der Waals surface area contributed by atoms with Gasteiger partial charge in [0.15, 0.2) is 0 Å². The fourth-order valence-electron chi connectivity index (χ4n) is 1.24. The monoisotopic (exact) mass is 161 g/mol. The number of rotatable bonds is 1. The molecule has 0 saturated heterocycles. The van der Waals surface area contributed by atoms with Crippen LogP contribution in [0.25, 0.3) is 6.08 Å². The zero-order chi connectivity index (χ0) is 7.68. The second kappa shape index (κ2) is 2.74. The van der Waals surface area contributed by atoms with Crippen LogP contribution in [0.4, 0.5) is 0 Å². The van der Waals surface area contributed by atoms with E-state index < -0.39 is 0 Å². The third-order valence-corrected chi connectivity index (χ3v) is 2.53. The average molecular weight is 161 g/mol. The van der Waals surface area contributed by atoms with Crippen LogP contribution in [0.15, 0.2) is 29.2 Å². The molecule has 0 heterocycles. The van der Waals surface area contributed by atoms with Gasteiger partial charge in [-0.3, -0.25) is 0 Å². The smallest absolute Gasteiger partial charge is 0.0270 e. The molecule has 0 aromatic heterocycles. The third kappa shape index (κ3) is 1.21. The summed E-state index contributed by atoms with van der Waals surface area (Å²) in [6, 6.07) is 8.45. The van der Waals surface area contributed by atoms with E-state index in [-0.39, 0.29) is 0 Å². The van der Waals surface area contributed by atoms with Gasteiger partial charge in [0.25, 0.3) is 0 Å². The largest absolute Gasteiger partial charge is 0.133 e. The second-order valence-electron chi connectivity index (χ2n) is 2.52. The molecule has 0 spiro atoms. The summed E-state index contributed by atoms with van der Waals surface area (Å²) in [5.41, 5.74) is 2.69. The summed E-state index contributed by atoms with van der Waals surface area (Å²) in [4.78, 5) is 1.35. The Hall–Kier alpha value is -0.690. The van der Waals surface area contributed by atoms with Crippen molar-refractivity contribution in [2.24, 2.45) is 0 Å². The van der Waals surface area contributed by atoms with Gasteiger partial charge in [-0.25, -0.2) is 0 Å². The molecule has 1 aliphatic rings. The lowest BCUT2D eigenvalue weighted by Crippen LogP contribution is -1.76. The normalized spacial score (nSPS) is 14.5. The molecule has 0 fully saturated rings. The Balaban J connectivity index is 2.39. The van der Waals surface area contributed by atoms with Crippen LogP contribution in [-0.4, -0.2) is 6.26 Å². The Kier molecular flexibility index (Phi) is 1.74. The van der Waals surface area contributed by atoms with E-state index in [4.69, 9.17) is 0 Å². The van der Waals surface area contributed by atoms with Gasteiger partial charge >= 0.3 is 0 Å². The van der Waals surface area contributed by atoms with Crippen LogP contribution in [0.5, 0.6) is 0 Å². The Morgan fingerprint density at radius 2 is 1.82 bits per heavy atom. The minimum Gasteiger partial charge on any atom is -0.133 e. The highest BCUT2D eigenvalue weighted by Gasteiger charge is 2.10. The standard InChI is InChI=1S/C10H9S/c1-11-10-6-8-4-2-3-5-9(8)7-10/h2-7H,1H3. The molecule has 0 atom stereocenters. The predicted molar refractivity (Wildman–Crippen MR) is 51.3 cm³/mol. The molecule has 1 radical (unpaired) electrons. The van der Waals surface area contributed by atoms with Gasteiger partial charge in [0.05, 0.1) is 0 Å². The number of hydrogen-bond donors (Lipinski definition) is 0. The lowest BCUT2D eigenvalue weighted by atomic mass is 10.1. The van der Waals surface area contributed by atoms with Crippen molar-refractivity contribution in [2.45, 2.75) is 0 Å². The number of benzene rings is 1. The van der Waals surface area contributed by atoms with E-state index in [1.54, 1.807) is 11.8 Å². The Labute approximate surface area is 71.3 Å². The van der Waals surface area contributed by atoms with Gasteiger partial charge in [0.1, 0.15) is 0 Å². The fourth-order valence-corrected chi connectivity index (χ4v) is 1.73. The van der Waals surface area contributed by atoms with Crippen LogP contribution < -0.4 is 0 Å². The van der Waals surface area contributed by atoms with E-state index in [1.807, 2.05) is 0 Å². The lowest BCUT2D eigenvalue weighted by molar-refractivity contribution is 1.54. The molecule has 2 rings (SSSR count). The molecule has 0 nitrogen and oxygen atoms in total. The maximum atomic E-state index is 2.22. The van der Waals surface area contributed by atoms with E-state index in [1.165, 1.54) is 16.0 Å². The summed E-state index contributed by atoms with van der Waals surface area (Å²) in [5, 5.41) is 0. The number of thioether (sulfide) groups is 1. The SMILES string of the molecule is CSC1=Cc2ccccc2[CH]1. The number of fused-ring (bicyclic) bond motifs is 1. The molecule has 0 amide bonds. The van der Waals surface area contributed by atoms with Crippen molar-refractivity contribution in [1.29, 1.82) is 0 Å². The maximum Gasteiger partial charge on any atom is 0.0270 e. The first-order chi connectivity index (χ1) is 5.40. The van der Waals surface area contributed by atoms with Gasteiger partial charge in [0.2, 0.25) is 0 Å². The lowest BCUT2D eigenvalue weighted by Gasteiger charge is -1.94. The van der Waals surface area contributed by atoms with Gasteiger partial charge in [-0.15, -0.1) is 11.8 Å². The first kappa shape index (κ1) is 6.99. The minimum absolute atomic E-state index is 1.34. The van der Waals surface area contributed by atoms with Crippen molar-refractivity contribution in [1.82, 2.24) is 0 Å². The van der Waals surface area contributed by atoms with E-state index in [0.29, 0.717) is 0 Å². The van der Waals surface area contributed by atoms with Crippen LogP contribution in [0.3, 0.4) is 0 Å². The van der Waals surface area contributed by atoms with Crippen molar-refractivity contribution >= 4 is 17.8 Å². The number of allylic oxidation sites excluding steroid dienone is 1. The van der Waals surface area contributed by atoms with Crippen molar-refractivity contribution in [3.8, 4) is 0 Å². The highest BCUT2D eigenvalue weighted by atomic mass is 32.2. The summed E-state index contributed by atoms with van der Waals surface area (Å²) < 4.78 is 0. The highest BCUT2D eigenvalue weighted by Crippen LogP contribution is 2.31. The van der Waals surface area contributed by atoms with Crippen molar-refractivity contribution < 1.29 is 0 Å². The van der Waals surface area contributed by atoms with Crippen molar-refractivity contribution in [2.75, 3.05) is 6.26 Å². The molecule has 1 aromatic rings.